The molecule has 0 saturated carbocycles. The SMILES string of the molecule is CC1(C)Nc2ccc(Cl)cc2-c2nc(-c3ccccc3)c(-c3ccccc3)n21. The molecular formula is C24H20ClN3. The Morgan fingerprint density at radius 2 is 1.50 bits per heavy atom. The average Bonchev–Trinajstić information content (AvgIpc) is 3.12. The molecule has 4 heteroatoms. The third kappa shape index (κ3) is 2.62. The molecule has 1 aliphatic heterocycles. The average molecular weight is 386 g/mol. The molecule has 1 aromatic heterocycles. The zero-order chi connectivity index (χ0) is 19.3. The van der Waals surface area contributed by atoms with E-state index in [0.29, 0.717) is 5.02 Å². The molecule has 138 valence electrons. The highest BCUT2D eigenvalue weighted by molar-refractivity contribution is 6.31. The fraction of sp³-hybridized carbons (Fsp3) is 0.125. The van der Waals surface area contributed by atoms with E-state index in [1.807, 2.05) is 30.3 Å². The molecule has 0 saturated heterocycles. The second-order valence-corrected chi connectivity index (χ2v) is 8.01. The van der Waals surface area contributed by atoms with Crippen LogP contribution in [0.4, 0.5) is 5.69 Å². The monoisotopic (exact) mass is 385 g/mol. The van der Waals surface area contributed by atoms with Crippen molar-refractivity contribution in [3.63, 3.8) is 0 Å². The van der Waals surface area contributed by atoms with Gasteiger partial charge in [0.15, 0.2) is 0 Å². The summed E-state index contributed by atoms with van der Waals surface area (Å²) in [6.45, 7) is 4.36. The van der Waals surface area contributed by atoms with E-state index < -0.39 is 0 Å². The maximum Gasteiger partial charge on any atom is 0.145 e. The van der Waals surface area contributed by atoms with Gasteiger partial charge in [0.2, 0.25) is 0 Å². The largest absolute Gasteiger partial charge is 0.362 e. The Morgan fingerprint density at radius 3 is 2.18 bits per heavy atom. The minimum Gasteiger partial charge on any atom is -0.362 e. The molecular weight excluding hydrogens is 366 g/mol. The fourth-order valence-electron chi connectivity index (χ4n) is 4.00. The van der Waals surface area contributed by atoms with Crippen molar-refractivity contribution in [2.45, 2.75) is 19.5 Å². The van der Waals surface area contributed by atoms with E-state index in [1.165, 1.54) is 0 Å². The van der Waals surface area contributed by atoms with E-state index in [2.05, 4.69) is 72.3 Å². The van der Waals surface area contributed by atoms with Crippen LogP contribution in [0.3, 0.4) is 0 Å². The number of benzene rings is 3. The van der Waals surface area contributed by atoms with Crippen LogP contribution < -0.4 is 5.32 Å². The molecule has 4 aromatic rings. The summed E-state index contributed by atoms with van der Waals surface area (Å²) in [5.41, 5.74) is 6.04. The summed E-state index contributed by atoms with van der Waals surface area (Å²) in [4.78, 5) is 5.14. The molecule has 0 aliphatic carbocycles. The van der Waals surface area contributed by atoms with Gasteiger partial charge in [-0.2, -0.15) is 0 Å². The van der Waals surface area contributed by atoms with Crippen molar-refractivity contribution in [1.29, 1.82) is 0 Å². The maximum absolute atomic E-state index is 6.33. The fourth-order valence-corrected chi connectivity index (χ4v) is 4.17. The molecule has 0 amide bonds. The van der Waals surface area contributed by atoms with Crippen molar-refractivity contribution in [1.82, 2.24) is 9.55 Å². The molecule has 1 N–H and O–H groups in total. The van der Waals surface area contributed by atoms with Gasteiger partial charge in [0.05, 0.1) is 11.4 Å². The number of aromatic nitrogens is 2. The summed E-state index contributed by atoms with van der Waals surface area (Å²) >= 11 is 6.33. The molecule has 1 aliphatic rings. The first-order valence-electron chi connectivity index (χ1n) is 9.37. The lowest BCUT2D eigenvalue weighted by atomic mass is 10.0. The van der Waals surface area contributed by atoms with Crippen LogP contribution in [0, 0.1) is 0 Å². The van der Waals surface area contributed by atoms with Crippen LogP contribution in [0.15, 0.2) is 78.9 Å². The Labute approximate surface area is 169 Å². The summed E-state index contributed by atoms with van der Waals surface area (Å²) < 4.78 is 2.29. The number of hydrogen-bond donors (Lipinski definition) is 1. The molecule has 0 unspecified atom stereocenters. The number of hydrogen-bond acceptors (Lipinski definition) is 2. The van der Waals surface area contributed by atoms with Gasteiger partial charge in [-0.15, -0.1) is 0 Å². The second kappa shape index (κ2) is 6.25. The first-order chi connectivity index (χ1) is 13.5. The van der Waals surface area contributed by atoms with Crippen molar-refractivity contribution in [3.8, 4) is 33.9 Å². The predicted molar refractivity (Wildman–Crippen MR) is 116 cm³/mol. The Hall–Kier alpha value is -3.04. The third-order valence-corrected chi connectivity index (χ3v) is 5.43. The van der Waals surface area contributed by atoms with Crippen molar-refractivity contribution in [2.75, 3.05) is 5.32 Å². The van der Waals surface area contributed by atoms with Gasteiger partial charge in [0.25, 0.3) is 0 Å². The number of fused-ring (bicyclic) bond motifs is 3. The molecule has 3 aromatic carbocycles. The van der Waals surface area contributed by atoms with Crippen LogP contribution in [0.25, 0.3) is 33.9 Å². The second-order valence-electron chi connectivity index (χ2n) is 7.57. The molecule has 2 heterocycles. The van der Waals surface area contributed by atoms with Crippen LogP contribution >= 0.6 is 11.6 Å². The summed E-state index contributed by atoms with van der Waals surface area (Å²) in [5, 5.41) is 4.36. The van der Waals surface area contributed by atoms with E-state index in [9.17, 15) is 0 Å². The van der Waals surface area contributed by atoms with E-state index in [0.717, 1.165) is 39.6 Å². The molecule has 0 atom stereocenters. The standard InChI is InChI=1S/C24H20ClN3/c1-24(2)27-20-14-13-18(25)15-19(20)23-26-21(16-9-5-3-6-10-16)22(28(23)24)17-11-7-4-8-12-17/h3-15,27H,1-2H3. The van der Waals surface area contributed by atoms with Crippen LogP contribution in [0.2, 0.25) is 5.02 Å². The van der Waals surface area contributed by atoms with Gasteiger partial charge in [-0.05, 0) is 32.0 Å². The van der Waals surface area contributed by atoms with E-state index in [-0.39, 0.29) is 5.66 Å². The summed E-state index contributed by atoms with van der Waals surface area (Å²) in [7, 11) is 0. The van der Waals surface area contributed by atoms with Gasteiger partial charge in [-0.3, -0.25) is 0 Å². The molecule has 0 radical (unpaired) electrons. The first kappa shape index (κ1) is 17.1. The summed E-state index contributed by atoms with van der Waals surface area (Å²) in [6, 6.07) is 26.7. The zero-order valence-electron chi connectivity index (χ0n) is 15.8. The Morgan fingerprint density at radius 1 is 0.857 bits per heavy atom. The van der Waals surface area contributed by atoms with Crippen LogP contribution in [-0.2, 0) is 5.66 Å². The highest BCUT2D eigenvalue weighted by Gasteiger charge is 2.35. The number of nitrogens with one attached hydrogen (secondary N) is 1. The Bertz CT molecular complexity index is 1160. The molecule has 0 spiro atoms. The highest BCUT2D eigenvalue weighted by Crippen LogP contribution is 2.45. The van der Waals surface area contributed by atoms with E-state index in [1.54, 1.807) is 0 Å². The molecule has 28 heavy (non-hydrogen) atoms. The van der Waals surface area contributed by atoms with Crippen LogP contribution in [-0.4, -0.2) is 9.55 Å². The third-order valence-electron chi connectivity index (χ3n) is 5.19. The molecule has 0 bridgehead atoms. The summed E-state index contributed by atoms with van der Waals surface area (Å²) in [6.07, 6.45) is 0. The normalized spacial score (nSPS) is 14.1. The first-order valence-corrected chi connectivity index (χ1v) is 9.74. The van der Waals surface area contributed by atoms with Crippen molar-refractivity contribution >= 4 is 17.3 Å². The topological polar surface area (TPSA) is 29.9 Å². The summed E-state index contributed by atoms with van der Waals surface area (Å²) in [5.74, 6) is 0.930. The van der Waals surface area contributed by atoms with Crippen molar-refractivity contribution in [3.05, 3.63) is 83.9 Å². The zero-order valence-corrected chi connectivity index (χ0v) is 16.5. The Balaban J connectivity index is 1.89. The smallest absolute Gasteiger partial charge is 0.145 e. The van der Waals surface area contributed by atoms with Crippen molar-refractivity contribution < 1.29 is 0 Å². The van der Waals surface area contributed by atoms with Gasteiger partial charge >= 0.3 is 0 Å². The van der Waals surface area contributed by atoms with Gasteiger partial charge in [0.1, 0.15) is 11.5 Å². The number of halogens is 1. The molecule has 3 nitrogen and oxygen atoms in total. The highest BCUT2D eigenvalue weighted by atomic mass is 35.5. The lowest BCUT2D eigenvalue weighted by Crippen LogP contribution is -2.39. The number of nitrogens with zero attached hydrogens (tertiary/aromatic N) is 2. The van der Waals surface area contributed by atoms with Crippen LogP contribution in [0.1, 0.15) is 13.8 Å². The molecule has 0 fully saturated rings. The van der Waals surface area contributed by atoms with Gasteiger partial charge in [0, 0.05) is 27.4 Å². The number of rotatable bonds is 2. The van der Waals surface area contributed by atoms with E-state index in [4.69, 9.17) is 16.6 Å². The van der Waals surface area contributed by atoms with Gasteiger partial charge in [-0.1, -0.05) is 72.3 Å². The van der Waals surface area contributed by atoms with Crippen LogP contribution in [0.5, 0.6) is 0 Å². The lowest BCUT2D eigenvalue weighted by Gasteiger charge is -2.37. The maximum atomic E-state index is 6.33. The molecule has 5 rings (SSSR count). The number of imidazole rings is 1. The predicted octanol–water partition coefficient (Wildman–Crippen LogP) is 6.66. The quantitative estimate of drug-likeness (QED) is 0.418. The van der Waals surface area contributed by atoms with Crippen molar-refractivity contribution in [2.24, 2.45) is 0 Å². The minimum atomic E-state index is -0.346. The van der Waals surface area contributed by atoms with E-state index >= 15 is 0 Å². The van der Waals surface area contributed by atoms with Gasteiger partial charge < -0.3 is 9.88 Å². The Kier molecular flexibility index (Phi) is 3.81. The van der Waals surface area contributed by atoms with Gasteiger partial charge in [-0.25, -0.2) is 4.98 Å². The lowest BCUT2D eigenvalue weighted by molar-refractivity contribution is 0.415. The minimum absolute atomic E-state index is 0.346. The number of anilines is 1.